The molecule has 2 heterocycles. The second-order valence-corrected chi connectivity index (χ2v) is 6.25. The zero-order valence-corrected chi connectivity index (χ0v) is 15.4. The smallest absolute Gasteiger partial charge is 0.221 e. The van der Waals surface area contributed by atoms with E-state index < -0.39 is 0 Å². The van der Waals surface area contributed by atoms with Crippen LogP contribution in [0, 0.1) is 0 Å². The molecule has 0 spiro atoms. The van der Waals surface area contributed by atoms with Crippen molar-refractivity contribution in [3.63, 3.8) is 0 Å². The predicted molar refractivity (Wildman–Crippen MR) is 94.6 cm³/mol. The van der Waals surface area contributed by atoms with Crippen molar-refractivity contribution in [3.8, 4) is 0 Å². The van der Waals surface area contributed by atoms with Crippen molar-refractivity contribution >= 4 is 42.1 Å². The van der Waals surface area contributed by atoms with Crippen LogP contribution in [0.5, 0.6) is 0 Å². The van der Waals surface area contributed by atoms with Gasteiger partial charge in [-0.1, -0.05) is 13.8 Å². The van der Waals surface area contributed by atoms with E-state index in [0.29, 0.717) is 25.5 Å². The first-order valence-corrected chi connectivity index (χ1v) is 8.05. The van der Waals surface area contributed by atoms with Crippen LogP contribution in [0.15, 0.2) is 5.38 Å². The number of aromatic nitrogens is 1. The quantitative estimate of drug-likeness (QED) is 0.806. The second kappa shape index (κ2) is 11.2. The van der Waals surface area contributed by atoms with E-state index in [2.05, 4.69) is 34.8 Å². The number of thiazole rings is 1. The first-order chi connectivity index (χ1) is 9.65. The van der Waals surface area contributed by atoms with Gasteiger partial charge in [-0.3, -0.25) is 4.79 Å². The summed E-state index contributed by atoms with van der Waals surface area (Å²) < 4.78 is 5.33. The Morgan fingerprint density at radius 1 is 1.55 bits per heavy atom. The minimum Gasteiger partial charge on any atom is -0.378 e. The molecule has 22 heavy (non-hydrogen) atoms. The molecule has 1 aromatic rings. The van der Waals surface area contributed by atoms with Gasteiger partial charge in [0, 0.05) is 43.3 Å². The fourth-order valence-corrected chi connectivity index (χ4v) is 2.95. The summed E-state index contributed by atoms with van der Waals surface area (Å²) >= 11 is 1.69. The molecule has 1 fully saturated rings. The van der Waals surface area contributed by atoms with Gasteiger partial charge >= 0.3 is 0 Å². The van der Waals surface area contributed by atoms with E-state index in [0.717, 1.165) is 30.3 Å². The molecule has 0 aromatic carbocycles. The van der Waals surface area contributed by atoms with Crippen LogP contribution in [0.25, 0.3) is 0 Å². The third-order valence-electron chi connectivity index (χ3n) is 3.20. The van der Waals surface area contributed by atoms with Crippen LogP contribution in [0.4, 0.5) is 0 Å². The maximum Gasteiger partial charge on any atom is 0.221 e. The number of halogens is 2. The Bertz CT molecular complexity index is 437. The van der Waals surface area contributed by atoms with Crippen LogP contribution in [0.3, 0.4) is 0 Å². The highest BCUT2D eigenvalue weighted by molar-refractivity contribution is 7.09. The van der Waals surface area contributed by atoms with Gasteiger partial charge < -0.3 is 15.4 Å². The van der Waals surface area contributed by atoms with Gasteiger partial charge in [-0.25, -0.2) is 4.98 Å². The van der Waals surface area contributed by atoms with Crippen molar-refractivity contribution < 1.29 is 9.53 Å². The molecule has 1 aliphatic heterocycles. The molecule has 1 unspecified atom stereocenters. The Balaban J connectivity index is 0.00000220. The number of nitrogens with zero attached hydrogens (tertiary/aromatic N) is 1. The molecule has 1 atom stereocenters. The number of hydrogen-bond acceptors (Lipinski definition) is 5. The van der Waals surface area contributed by atoms with E-state index in [1.54, 1.807) is 11.3 Å². The highest BCUT2D eigenvalue weighted by Gasteiger charge is 2.16. The third-order valence-corrected chi connectivity index (χ3v) is 4.39. The first kappa shape index (κ1) is 21.6. The minimum absolute atomic E-state index is 0. The van der Waals surface area contributed by atoms with Gasteiger partial charge in [0.15, 0.2) is 0 Å². The number of ether oxygens (including phenoxy) is 1. The molecular formula is C14H25Cl2N3O2S. The Labute approximate surface area is 148 Å². The van der Waals surface area contributed by atoms with Crippen LogP contribution in [-0.4, -0.2) is 43.2 Å². The molecule has 0 bridgehead atoms. The van der Waals surface area contributed by atoms with Crippen LogP contribution < -0.4 is 10.6 Å². The summed E-state index contributed by atoms with van der Waals surface area (Å²) in [5.74, 6) is 0.549. The van der Waals surface area contributed by atoms with E-state index in [9.17, 15) is 4.79 Å². The molecule has 8 heteroatoms. The molecule has 0 aliphatic carbocycles. The largest absolute Gasteiger partial charge is 0.378 e. The average Bonchev–Trinajstić information content (AvgIpc) is 2.89. The van der Waals surface area contributed by atoms with Gasteiger partial charge in [-0.05, 0) is 0 Å². The lowest BCUT2D eigenvalue weighted by Crippen LogP contribution is -2.44. The number of carbonyl (C=O) groups is 1. The lowest BCUT2D eigenvalue weighted by molar-refractivity contribution is -0.122. The molecule has 1 aromatic heterocycles. The monoisotopic (exact) mass is 369 g/mol. The molecule has 5 nitrogen and oxygen atoms in total. The molecule has 0 radical (unpaired) electrons. The Hall–Kier alpha value is -0.400. The number of morpholine rings is 1. The summed E-state index contributed by atoms with van der Waals surface area (Å²) in [6.45, 7) is 7.12. The van der Waals surface area contributed by atoms with Crippen LogP contribution >= 0.6 is 36.2 Å². The van der Waals surface area contributed by atoms with E-state index in [1.807, 2.05) is 0 Å². The van der Waals surface area contributed by atoms with Gasteiger partial charge in [0.2, 0.25) is 5.91 Å². The molecule has 1 saturated heterocycles. The highest BCUT2D eigenvalue weighted by atomic mass is 35.5. The number of hydrogen-bond donors (Lipinski definition) is 2. The molecule has 2 N–H and O–H groups in total. The average molecular weight is 370 g/mol. The van der Waals surface area contributed by atoms with Gasteiger partial charge in [0.25, 0.3) is 0 Å². The summed E-state index contributed by atoms with van der Waals surface area (Å²) in [6, 6.07) is 0.149. The molecule has 0 saturated carbocycles. The van der Waals surface area contributed by atoms with Gasteiger partial charge in [-0.2, -0.15) is 0 Å². The molecular weight excluding hydrogens is 345 g/mol. The fraction of sp³-hybridized carbons (Fsp3) is 0.714. The number of carbonyl (C=O) groups excluding carboxylic acids is 1. The lowest BCUT2D eigenvalue weighted by Gasteiger charge is -2.23. The summed E-state index contributed by atoms with van der Waals surface area (Å²) in [4.78, 5) is 16.3. The summed E-state index contributed by atoms with van der Waals surface area (Å²) in [7, 11) is 0. The Kier molecular flexibility index (Phi) is 11.0. The lowest BCUT2D eigenvalue weighted by atomic mass is 10.2. The van der Waals surface area contributed by atoms with Crippen molar-refractivity contribution in [2.45, 2.75) is 38.6 Å². The zero-order chi connectivity index (χ0) is 14.4. The number of rotatable bonds is 6. The molecule has 128 valence electrons. The van der Waals surface area contributed by atoms with Crippen molar-refractivity contribution in [1.82, 2.24) is 15.6 Å². The SMILES string of the molecule is CC(C)c1nc(CCNC(=O)CC2COCCN2)cs1.Cl.Cl. The summed E-state index contributed by atoms with van der Waals surface area (Å²) in [5.41, 5.74) is 1.07. The molecule has 1 aliphatic rings. The second-order valence-electron chi connectivity index (χ2n) is 5.36. The number of amides is 1. The van der Waals surface area contributed by atoms with E-state index >= 15 is 0 Å². The van der Waals surface area contributed by atoms with Crippen molar-refractivity contribution in [1.29, 1.82) is 0 Å². The normalized spacial score (nSPS) is 17.5. The number of nitrogens with one attached hydrogen (secondary N) is 2. The van der Waals surface area contributed by atoms with Gasteiger partial charge in [0.1, 0.15) is 0 Å². The topological polar surface area (TPSA) is 63.2 Å². The first-order valence-electron chi connectivity index (χ1n) is 7.17. The van der Waals surface area contributed by atoms with Crippen LogP contribution in [0.2, 0.25) is 0 Å². The maximum absolute atomic E-state index is 11.8. The van der Waals surface area contributed by atoms with Gasteiger partial charge in [-0.15, -0.1) is 36.2 Å². The maximum atomic E-state index is 11.8. The highest BCUT2D eigenvalue weighted by Crippen LogP contribution is 2.19. The van der Waals surface area contributed by atoms with E-state index in [1.165, 1.54) is 0 Å². The summed E-state index contributed by atoms with van der Waals surface area (Å²) in [6.07, 6.45) is 1.28. The zero-order valence-electron chi connectivity index (χ0n) is 13.0. The van der Waals surface area contributed by atoms with Crippen molar-refractivity contribution in [3.05, 3.63) is 16.1 Å². The predicted octanol–water partition coefficient (Wildman–Crippen LogP) is 2.15. The standard InChI is InChI=1S/C14H23N3O2S.2ClH/c1-10(2)14-17-11(9-20-14)3-4-16-13(18)7-12-8-19-6-5-15-12;;/h9-10,12,15H,3-8H2,1-2H3,(H,16,18);2*1H. The van der Waals surface area contributed by atoms with Gasteiger partial charge in [0.05, 0.1) is 23.9 Å². The molecule has 1 amide bonds. The summed E-state index contributed by atoms with van der Waals surface area (Å²) in [5, 5.41) is 9.47. The Morgan fingerprint density at radius 2 is 2.32 bits per heavy atom. The van der Waals surface area contributed by atoms with Crippen molar-refractivity contribution in [2.75, 3.05) is 26.3 Å². The van der Waals surface area contributed by atoms with Crippen molar-refractivity contribution in [2.24, 2.45) is 0 Å². The minimum atomic E-state index is 0. The Morgan fingerprint density at radius 3 is 2.91 bits per heavy atom. The third kappa shape index (κ3) is 7.24. The molecule has 2 rings (SSSR count). The van der Waals surface area contributed by atoms with E-state index in [-0.39, 0.29) is 36.8 Å². The van der Waals surface area contributed by atoms with E-state index in [4.69, 9.17) is 4.74 Å². The van der Waals surface area contributed by atoms with Crippen LogP contribution in [0.1, 0.15) is 36.9 Å². The fourth-order valence-electron chi connectivity index (χ4n) is 2.08. The van der Waals surface area contributed by atoms with Crippen LogP contribution in [-0.2, 0) is 16.0 Å².